The van der Waals surface area contributed by atoms with E-state index in [-0.39, 0.29) is 11.7 Å². The van der Waals surface area contributed by atoms with Crippen LogP contribution in [0.1, 0.15) is 18.1 Å². The average Bonchev–Trinajstić information content (AvgIpc) is 2.46. The highest BCUT2D eigenvalue weighted by molar-refractivity contribution is 5.73. The minimum Gasteiger partial charge on any atom is -0.486 e. The molecule has 1 unspecified atom stereocenters. The van der Waals surface area contributed by atoms with Crippen LogP contribution in [-0.4, -0.2) is 10.7 Å². The molecule has 0 N–H and O–H groups in total. The fourth-order valence-corrected chi connectivity index (χ4v) is 2.29. The van der Waals surface area contributed by atoms with Gasteiger partial charge >= 0.3 is 0 Å². The topological polar surface area (TPSA) is 55.0 Å². The number of hydrogen-bond acceptors (Lipinski definition) is 3. The van der Waals surface area contributed by atoms with Crippen LogP contribution >= 0.6 is 0 Å². The Labute approximate surface area is 116 Å². The lowest BCUT2D eigenvalue weighted by Gasteiger charge is -2.24. The number of ether oxygens (including phenoxy) is 1. The summed E-state index contributed by atoms with van der Waals surface area (Å²) < 4.78 is 7.29. The second kappa shape index (κ2) is 4.71. The number of fused-ring (bicyclic) bond motifs is 1. The van der Waals surface area contributed by atoms with Crippen molar-refractivity contribution in [2.45, 2.75) is 13.0 Å². The molecule has 0 amide bonds. The number of benzene rings is 1. The number of pyridine rings is 1. The van der Waals surface area contributed by atoms with Crippen LogP contribution in [0.25, 0.3) is 5.70 Å². The lowest BCUT2D eigenvalue weighted by molar-refractivity contribution is 0.264. The molecule has 1 aromatic carbocycles. The fourth-order valence-electron chi connectivity index (χ4n) is 2.29. The molecule has 1 aromatic heterocycles. The van der Waals surface area contributed by atoms with Crippen molar-refractivity contribution in [3.63, 3.8) is 0 Å². The van der Waals surface area contributed by atoms with Crippen molar-refractivity contribution in [1.29, 1.82) is 5.26 Å². The van der Waals surface area contributed by atoms with Gasteiger partial charge in [-0.25, -0.2) is 0 Å². The van der Waals surface area contributed by atoms with Gasteiger partial charge in [0.05, 0.1) is 17.3 Å². The molecule has 0 aliphatic carbocycles. The van der Waals surface area contributed by atoms with Crippen molar-refractivity contribution in [3.05, 3.63) is 70.2 Å². The second-order valence-electron chi connectivity index (χ2n) is 4.61. The van der Waals surface area contributed by atoms with E-state index in [4.69, 9.17) is 10.00 Å². The zero-order valence-electron chi connectivity index (χ0n) is 10.9. The van der Waals surface area contributed by atoms with Crippen LogP contribution in [0.3, 0.4) is 0 Å². The van der Waals surface area contributed by atoms with E-state index in [1.54, 1.807) is 41.1 Å². The van der Waals surface area contributed by atoms with Crippen LogP contribution in [0, 0.1) is 11.3 Å². The standard InChI is InChI=1S/C16H12N2O2/c1-11-8-14(18-7-3-2-4-16(18)19)13-9-12(10-17)5-6-15(13)20-11/h2-9,11H,1H3. The Kier molecular flexibility index (Phi) is 2.88. The van der Waals surface area contributed by atoms with Crippen molar-refractivity contribution in [1.82, 2.24) is 4.57 Å². The zero-order chi connectivity index (χ0) is 14.1. The van der Waals surface area contributed by atoms with Gasteiger partial charge in [0, 0.05) is 17.8 Å². The number of rotatable bonds is 1. The molecule has 4 nitrogen and oxygen atoms in total. The van der Waals surface area contributed by atoms with Crippen LogP contribution in [0.15, 0.2) is 53.5 Å². The summed E-state index contributed by atoms with van der Waals surface area (Å²) in [5, 5.41) is 9.02. The normalized spacial score (nSPS) is 16.6. The first-order valence-corrected chi connectivity index (χ1v) is 6.30. The summed E-state index contributed by atoms with van der Waals surface area (Å²) in [7, 11) is 0. The Morgan fingerprint density at radius 1 is 1.30 bits per heavy atom. The minimum atomic E-state index is -0.127. The van der Waals surface area contributed by atoms with Crippen LogP contribution in [0.2, 0.25) is 0 Å². The molecule has 1 atom stereocenters. The van der Waals surface area contributed by atoms with Crippen LogP contribution < -0.4 is 10.3 Å². The molecule has 0 saturated carbocycles. The van der Waals surface area contributed by atoms with Gasteiger partial charge in [-0.15, -0.1) is 0 Å². The highest BCUT2D eigenvalue weighted by Gasteiger charge is 2.20. The molecular formula is C16H12N2O2. The van der Waals surface area contributed by atoms with Crippen molar-refractivity contribution in [2.75, 3.05) is 0 Å². The van der Waals surface area contributed by atoms with E-state index < -0.39 is 0 Å². The maximum atomic E-state index is 12.0. The first-order valence-electron chi connectivity index (χ1n) is 6.30. The lowest BCUT2D eigenvalue weighted by atomic mass is 10.0. The Morgan fingerprint density at radius 2 is 2.15 bits per heavy atom. The van der Waals surface area contributed by atoms with Crippen molar-refractivity contribution in [3.8, 4) is 11.8 Å². The van der Waals surface area contributed by atoms with Gasteiger partial charge in [-0.2, -0.15) is 5.26 Å². The van der Waals surface area contributed by atoms with Gasteiger partial charge in [-0.3, -0.25) is 9.36 Å². The average molecular weight is 264 g/mol. The summed E-state index contributed by atoms with van der Waals surface area (Å²) in [6, 6.07) is 12.3. The predicted molar refractivity (Wildman–Crippen MR) is 75.3 cm³/mol. The largest absolute Gasteiger partial charge is 0.486 e. The molecule has 2 aromatic rings. The van der Waals surface area contributed by atoms with E-state index in [2.05, 4.69) is 6.07 Å². The van der Waals surface area contributed by atoms with E-state index in [0.717, 1.165) is 11.3 Å². The van der Waals surface area contributed by atoms with Gasteiger partial charge < -0.3 is 4.74 Å². The minimum absolute atomic E-state index is 0.110. The third-order valence-corrected chi connectivity index (χ3v) is 3.17. The van der Waals surface area contributed by atoms with E-state index in [9.17, 15) is 4.79 Å². The predicted octanol–water partition coefficient (Wildman–Crippen LogP) is 2.39. The maximum absolute atomic E-state index is 12.0. The third kappa shape index (κ3) is 1.99. The molecule has 0 saturated heterocycles. The molecule has 2 heterocycles. The van der Waals surface area contributed by atoms with Gasteiger partial charge in [-0.05, 0) is 37.3 Å². The molecule has 4 heteroatoms. The van der Waals surface area contributed by atoms with Crippen LogP contribution in [0.5, 0.6) is 5.75 Å². The molecular weight excluding hydrogens is 252 g/mol. The maximum Gasteiger partial charge on any atom is 0.255 e. The van der Waals surface area contributed by atoms with Crippen LogP contribution in [-0.2, 0) is 0 Å². The number of hydrogen-bond donors (Lipinski definition) is 0. The molecule has 0 radical (unpaired) electrons. The highest BCUT2D eigenvalue weighted by Crippen LogP contribution is 2.32. The summed E-state index contributed by atoms with van der Waals surface area (Å²) >= 11 is 0. The molecule has 98 valence electrons. The first-order chi connectivity index (χ1) is 9.69. The van der Waals surface area contributed by atoms with Gasteiger partial charge in [0.2, 0.25) is 0 Å². The van der Waals surface area contributed by atoms with Crippen molar-refractivity contribution in [2.24, 2.45) is 0 Å². The number of nitriles is 1. The van der Waals surface area contributed by atoms with Crippen LogP contribution in [0.4, 0.5) is 0 Å². The summed E-state index contributed by atoms with van der Waals surface area (Å²) in [6.45, 7) is 1.91. The molecule has 0 fully saturated rings. The smallest absolute Gasteiger partial charge is 0.255 e. The van der Waals surface area contributed by atoms with Crippen molar-refractivity contribution < 1.29 is 4.74 Å². The molecule has 0 bridgehead atoms. The summed E-state index contributed by atoms with van der Waals surface area (Å²) in [5.41, 5.74) is 1.94. The van der Waals surface area contributed by atoms with E-state index in [0.29, 0.717) is 11.3 Å². The SMILES string of the molecule is CC1C=C(n2ccccc2=O)c2cc(C#N)ccc2O1. The Hall–Kier alpha value is -2.80. The highest BCUT2D eigenvalue weighted by atomic mass is 16.5. The second-order valence-corrected chi connectivity index (χ2v) is 4.61. The van der Waals surface area contributed by atoms with Gasteiger partial charge in [0.15, 0.2) is 0 Å². The lowest BCUT2D eigenvalue weighted by Crippen LogP contribution is -2.23. The van der Waals surface area contributed by atoms with Gasteiger partial charge in [0.25, 0.3) is 5.56 Å². The summed E-state index contributed by atoms with van der Waals surface area (Å²) in [4.78, 5) is 12.0. The molecule has 20 heavy (non-hydrogen) atoms. The van der Waals surface area contributed by atoms with E-state index in [1.807, 2.05) is 13.0 Å². The molecule has 3 rings (SSSR count). The monoisotopic (exact) mass is 264 g/mol. The first kappa shape index (κ1) is 12.2. The molecule has 1 aliphatic rings. The Morgan fingerprint density at radius 3 is 2.90 bits per heavy atom. The van der Waals surface area contributed by atoms with Crippen molar-refractivity contribution >= 4 is 5.70 Å². The van der Waals surface area contributed by atoms with E-state index >= 15 is 0 Å². The third-order valence-electron chi connectivity index (χ3n) is 3.17. The van der Waals surface area contributed by atoms with E-state index in [1.165, 1.54) is 6.07 Å². The molecule has 0 spiro atoms. The van der Waals surface area contributed by atoms with Gasteiger partial charge in [-0.1, -0.05) is 6.07 Å². The zero-order valence-corrected chi connectivity index (χ0v) is 10.9. The Bertz CT molecular complexity index is 797. The van der Waals surface area contributed by atoms with Gasteiger partial charge in [0.1, 0.15) is 11.9 Å². The fraction of sp³-hybridized carbons (Fsp3) is 0.125. The number of aromatic nitrogens is 1. The Balaban J connectivity index is 2.24. The summed E-state index contributed by atoms with van der Waals surface area (Å²) in [6.07, 6.45) is 3.47. The summed E-state index contributed by atoms with van der Waals surface area (Å²) in [5.74, 6) is 0.685. The molecule has 1 aliphatic heterocycles. The number of nitrogens with zero attached hydrogens (tertiary/aromatic N) is 2. The quantitative estimate of drug-likeness (QED) is 0.794.